The summed E-state index contributed by atoms with van der Waals surface area (Å²) in [6.07, 6.45) is 3.47. The standard InChI is InChI=1S/C20H29N5O3/c1-20(2,3)19-23-17(28-24-19)8-4-7-16(26)22-14-15-6-5-9-21-18(15)25-10-12-27-13-11-25/h5-6,9H,4,7-8,10-14H2,1-3H3,(H,22,26). The number of ether oxygens (including phenoxy) is 1. The zero-order valence-electron chi connectivity index (χ0n) is 16.9. The Morgan fingerprint density at radius 2 is 2.07 bits per heavy atom. The van der Waals surface area contributed by atoms with Gasteiger partial charge in [0.15, 0.2) is 5.82 Å². The van der Waals surface area contributed by atoms with Crippen LogP contribution in [0.3, 0.4) is 0 Å². The Morgan fingerprint density at radius 1 is 1.29 bits per heavy atom. The second-order valence-electron chi connectivity index (χ2n) is 7.98. The van der Waals surface area contributed by atoms with Gasteiger partial charge >= 0.3 is 0 Å². The largest absolute Gasteiger partial charge is 0.378 e. The summed E-state index contributed by atoms with van der Waals surface area (Å²) in [7, 11) is 0. The number of carbonyl (C=O) groups excluding carboxylic acids is 1. The molecule has 0 saturated carbocycles. The Bertz CT molecular complexity index is 778. The van der Waals surface area contributed by atoms with Crippen molar-refractivity contribution in [3.63, 3.8) is 0 Å². The third-order valence-corrected chi connectivity index (χ3v) is 4.59. The third-order valence-electron chi connectivity index (χ3n) is 4.59. The van der Waals surface area contributed by atoms with Crippen LogP contribution in [0.5, 0.6) is 0 Å². The fourth-order valence-corrected chi connectivity index (χ4v) is 2.97. The smallest absolute Gasteiger partial charge is 0.226 e. The van der Waals surface area contributed by atoms with Crippen LogP contribution in [-0.2, 0) is 27.9 Å². The number of nitrogens with one attached hydrogen (secondary N) is 1. The van der Waals surface area contributed by atoms with Crippen molar-refractivity contribution in [1.29, 1.82) is 0 Å². The highest BCUT2D eigenvalue weighted by molar-refractivity contribution is 5.76. The topological polar surface area (TPSA) is 93.4 Å². The van der Waals surface area contributed by atoms with Gasteiger partial charge in [0.25, 0.3) is 0 Å². The quantitative estimate of drug-likeness (QED) is 0.779. The fraction of sp³-hybridized carbons (Fsp3) is 0.600. The molecule has 1 fully saturated rings. The number of carbonyl (C=O) groups is 1. The summed E-state index contributed by atoms with van der Waals surface area (Å²) in [6, 6.07) is 3.90. The number of nitrogens with zero attached hydrogens (tertiary/aromatic N) is 4. The van der Waals surface area contributed by atoms with Crippen LogP contribution in [-0.4, -0.2) is 47.3 Å². The lowest BCUT2D eigenvalue weighted by Crippen LogP contribution is -2.37. The monoisotopic (exact) mass is 387 g/mol. The number of pyridine rings is 1. The van der Waals surface area contributed by atoms with Crippen molar-refractivity contribution in [2.24, 2.45) is 0 Å². The molecule has 1 amide bonds. The molecule has 2 aromatic rings. The average Bonchev–Trinajstić information content (AvgIpc) is 3.17. The highest BCUT2D eigenvalue weighted by atomic mass is 16.5. The van der Waals surface area contributed by atoms with Crippen LogP contribution in [0.2, 0.25) is 0 Å². The Kier molecular flexibility index (Phi) is 6.61. The first-order valence-corrected chi connectivity index (χ1v) is 9.80. The predicted molar refractivity (Wildman–Crippen MR) is 105 cm³/mol. The number of amides is 1. The molecule has 1 aliphatic rings. The van der Waals surface area contributed by atoms with E-state index in [1.54, 1.807) is 6.20 Å². The van der Waals surface area contributed by atoms with Gasteiger partial charge in [0, 0.05) is 49.7 Å². The van der Waals surface area contributed by atoms with Crippen molar-refractivity contribution in [3.05, 3.63) is 35.6 Å². The van der Waals surface area contributed by atoms with E-state index in [4.69, 9.17) is 9.26 Å². The molecule has 0 spiro atoms. The lowest BCUT2D eigenvalue weighted by atomic mass is 9.96. The molecule has 3 heterocycles. The summed E-state index contributed by atoms with van der Waals surface area (Å²) in [5.74, 6) is 2.21. The van der Waals surface area contributed by atoms with E-state index in [1.807, 2.05) is 32.9 Å². The molecule has 1 N–H and O–H groups in total. The minimum atomic E-state index is -0.138. The maximum Gasteiger partial charge on any atom is 0.226 e. The normalized spacial score (nSPS) is 14.9. The van der Waals surface area contributed by atoms with Crippen LogP contribution < -0.4 is 10.2 Å². The maximum absolute atomic E-state index is 12.2. The molecule has 0 radical (unpaired) electrons. The zero-order valence-corrected chi connectivity index (χ0v) is 16.9. The summed E-state index contributed by atoms with van der Waals surface area (Å²) in [5.41, 5.74) is 0.880. The summed E-state index contributed by atoms with van der Waals surface area (Å²) in [5, 5.41) is 7.00. The van der Waals surface area contributed by atoms with Gasteiger partial charge < -0.3 is 19.5 Å². The van der Waals surface area contributed by atoms with Gasteiger partial charge in [-0.3, -0.25) is 4.79 Å². The number of aryl methyl sites for hydroxylation is 1. The van der Waals surface area contributed by atoms with Gasteiger partial charge in [0.2, 0.25) is 11.8 Å². The molecule has 0 atom stereocenters. The molecular formula is C20H29N5O3. The molecule has 0 aliphatic carbocycles. The molecule has 0 bridgehead atoms. The van der Waals surface area contributed by atoms with Crippen LogP contribution in [0.4, 0.5) is 5.82 Å². The molecular weight excluding hydrogens is 358 g/mol. The third kappa shape index (κ3) is 5.51. The minimum Gasteiger partial charge on any atom is -0.378 e. The molecule has 0 aromatic carbocycles. The van der Waals surface area contributed by atoms with Crippen molar-refractivity contribution >= 4 is 11.7 Å². The molecule has 1 saturated heterocycles. The SMILES string of the molecule is CC(C)(C)c1noc(CCCC(=O)NCc2cccnc2N2CCOCC2)n1. The van der Waals surface area contributed by atoms with Crippen molar-refractivity contribution in [2.75, 3.05) is 31.2 Å². The van der Waals surface area contributed by atoms with Gasteiger partial charge in [-0.25, -0.2) is 4.98 Å². The van der Waals surface area contributed by atoms with Crippen LogP contribution in [0.1, 0.15) is 50.9 Å². The number of hydrogen-bond donors (Lipinski definition) is 1. The zero-order chi connectivity index (χ0) is 20.0. The van der Waals surface area contributed by atoms with Gasteiger partial charge in [-0.1, -0.05) is 32.0 Å². The summed E-state index contributed by atoms with van der Waals surface area (Å²) < 4.78 is 10.7. The van der Waals surface area contributed by atoms with E-state index in [1.165, 1.54) is 0 Å². The first kappa shape index (κ1) is 20.3. The Balaban J connectivity index is 1.45. The predicted octanol–water partition coefficient (Wildman–Crippen LogP) is 2.24. The molecule has 1 aliphatic heterocycles. The summed E-state index contributed by atoms with van der Waals surface area (Å²) >= 11 is 0. The van der Waals surface area contributed by atoms with E-state index in [0.717, 1.165) is 24.5 Å². The average molecular weight is 387 g/mol. The lowest BCUT2D eigenvalue weighted by molar-refractivity contribution is -0.121. The summed E-state index contributed by atoms with van der Waals surface area (Å²) in [6.45, 7) is 9.63. The van der Waals surface area contributed by atoms with Crippen molar-refractivity contribution in [2.45, 2.75) is 52.0 Å². The molecule has 152 valence electrons. The molecule has 8 nitrogen and oxygen atoms in total. The van der Waals surface area contributed by atoms with Gasteiger partial charge in [0.05, 0.1) is 13.2 Å². The number of aromatic nitrogens is 3. The molecule has 0 unspecified atom stereocenters. The maximum atomic E-state index is 12.2. The van der Waals surface area contributed by atoms with Crippen LogP contribution >= 0.6 is 0 Å². The number of anilines is 1. The highest BCUT2D eigenvalue weighted by Crippen LogP contribution is 2.19. The minimum absolute atomic E-state index is 0.00680. The second kappa shape index (κ2) is 9.14. The van der Waals surface area contributed by atoms with Crippen molar-refractivity contribution in [3.8, 4) is 0 Å². The Morgan fingerprint density at radius 3 is 2.79 bits per heavy atom. The first-order chi connectivity index (χ1) is 13.4. The van der Waals surface area contributed by atoms with Crippen LogP contribution in [0.15, 0.2) is 22.9 Å². The summed E-state index contributed by atoms with van der Waals surface area (Å²) in [4.78, 5) is 23.3. The molecule has 2 aromatic heterocycles. The first-order valence-electron chi connectivity index (χ1n) is 9.80. The molecule has 8 heteroatoms. The van der Waals surface area contributed by atoms with Crippen molar-refractivity contribution in [1.82, 2.24) is 20.4 Å². The fourth-order valence-electron chi connectivity index (χ4n) is 2.97. The second-order valence-corrected chi connectivity index (χ2v) is 7.98. The van der Waals surface area contributed by atoms with Gasteiger partial charge in [-0.05, 0) is 12.5 Å². The van der Waals surface area contributed by atoms with Gasteiger partial charge in [0.1, 0.15) is 5.82 Å². The Hall–Kier alpha value is -2.48. The van der Waals surface area contributed by atoms with E-state index in [-0.39, 0.29) is 11.3 Å². The number of rotatable bonds is 7. The van der Waals surface area contributed by atoms with E-state index >= 15 is 0 Å². The number of morpholine rings is 1. The van der Waals surface area contributed by atoms with Crippen LogP contribution in [0.25, 0.3) is 0 Å². The lowest BCUT2D eigenvalue weighted by Gasteiger charge is -2.29. The van der Waals surface area contributed by atoms with E-state index in [2.05, 4.69) is 25.3 Å². The Labute approximate surface area is 165 Å². The van der Waals surface area contributed by atoms with Crippen molar-refractivity contribution < 1.29 is 14.1 Å². The molecule has 28 heavy (non-hydrogen) atoms. The highest BCUT2D eigenvalue weighted by Gasteiger charge is 2.21. The molecule has 3 rings (SSSR count). The van der Waals surface area contributed by atoms with Crippen LogP contribution in [0, 0.1) is 0 Å². The van der Waals surface area contributed by atoms with E-state index < -0.39 is 0 Å². The van der Waals surface area contributed by atoms with E-state index in [0.29, 0.717) is 50.7 Å². The van der Waals surface area contributed by atoms with Gasteiger partial charge in [-0.2, -0.15) is 4.98 Å². The van der Waals surface area contributed by atoms with Gasteiger partial charge in [-0.15, -0.1) is 0 Å². The van der Waals surface area contributed by atoms with E-state index in [9.17, 15) is 4.79 Å². The number of hydrogen-bond acceptors (Lipinski definition) is 7.